The van der Waals surface area contributed by atoms with E-state index in [-0.39, 0.29) is 27.0 Å². The van der Waals surface area contributed by atoms with Gasteiger partial charge in [0.1, 0.15) is 5.82 Å². The van der Waals surface area contributed by atoms with Gasteiger partial charge in [-0.15, -0.1) is 0 Å². The van der Waals surface area contributed by atoms with E-state index < -0.39 is 15.8 Å². The summed E-state index contributed by atoms with van der Waals surface area (Å²) in [5.74, 6) is -0.665. The van der Waals surface area contributed by atoms with Crippen LogP contribution in [0.3, 0.4) is 0 Å². The number of nitrogens with one attached hydrogen (secondary N) is 1. The van der Waals surface area contributed by atoms with E-state index in [4.69, 9.17) is 17.3 Å². The van der Waals surface area contributed by atoms with E-state index in [0.717, 1.165) is 12.1 Å². The molecule has 0 saturated carbocycles. The lowest BCUT2D eigenvalue weighted by Gasteiger charge is -2.13. The van der Waals surface area contributed by atoms with E-state index in [9.17, 15) is 12.8 Å². The zero-order valence-electron chi connectivity index (χ0n) is 11.3. The Hall–Kier alpha value is -1.86. The first-order valence-corrected chi connectivity index (χ1v) is 7.78. The molecule has 21 heavy (non-hydrogen) atoms. The zero-order chi connectivity index (χ0) is 15.8. The normalized spacial score (nSPS) is 11.4. The van der Waals surface area contributed by atoms with Crippen molar-refractivity contribution in [2.45, 2.75) is 18.7 Å². The number of nitrogens with zero attached hydrogens (tertiary/aromatic N) is 1. The molecule has 0 bridgehead atoms. The van der Waals surface area contributed by atoms with Crippen LogP contribution >= 0.6 is 11.6 Å². The van der Waals surface area contributed by atoms with E-state index in [0.29, 0.717) is 5.56 Å². The van der Waals surface area contributed by atoms with Crippen molar-refractivity contribution in [1.82, 2.24) is 4.98 Å². The highest BCUT2D eigenvalue weighted by Gasteiger charge is 2.21. The predicted octanol–water partition coefficient (Wildman–Crippen LogP) is 2.87. The molecule has 112 valence electrons. The number of rotatable bonds is 3. The molecule has 3 N–H and O–H groups in total. The SMILES string of the molecule is Cc1cc(F)c(N)cc1S(=O)(=O)Nc1c(C)ccnc1Cl. The van der Waals surface area contributed by atoms with Crippen LogP contribution in [0.5, 0.6) is 0 Å². The molecule has 0 fully saturated rings. The van der Waals surface area contributed by atoms with Gasteiger partial charge in [-0.1, -0.05) is 11.6 Å². The first-order valence-electron chi connectivity index (χ1n) is 5.92. The van der Waals surface area contributed by atoms with Crippen LogP contribution in [0.15, 0.2) is 29.3 Å². The lowest BCUT2D eigenvalue weighted by molar-refractivity contribution is 0.599. The summed E-state index contributed by atoms with van der Waals surface area (Å²) in [4.78, 5) is 3.72. The topological polar surface area (TPSA) is 85.1 Å². The van der Waals surface area contributed by atoms with Crippen LogP contribution in [0.2, 0.25) is 5.15 Å². The van der Waals surface area contributed by atoms with Crippen molar-refractivity contribution in [1.29, 1.82) is 0 Å². The average Bonchev–Trinajstić information content (AvgIpc) is 2.38. The Morgan fingerprint density at radius 2 is 1.95 bits per heavy atom. The highest BCUT2D eigenvalue weighted by molar-refractivity contribution is 7.92. The maximum atomic E-state index is 13.3. The van der Waals surface area contributed by atoms with Gasteiger partial charge < -0.3 is 5.73 Å². The number of sulfonamides is 1. The van der Waals surface area contributed by atoms with E-state index >= 15 is 0 Å². The fourth-order valence-electron chi connectivity index (χ4n) is 1.80. The number of halogens is 2. The molecule has 1 heterocycles. The number of pyridine rings is 1. The Balaban J connectivity index is 2.51. The van der Waals surface area contributed by atoms with Crippen molar-refractivity contribution in [3.63, 3.8) is 0 Å². The van der Waals surface area contributed by atoms with Crippen LogP contribution in [-0.4, -0.2) is 13.4 Å². The number of hydrogen-bond acceptors (Lipinski definition) is 4. The Morgan fingerprint density at radius 3 is 2.57 bits per heavy atom. The van der Waals surface area contributed by atoms with Crippen molar-refractivity contribution in [2.24, 2.45) is 0 Å². The van der Waals surface area contributed by atoms with Gasteiger partial charge in [0, 0.05) is 6.20 Å². The fourth-order valence-corrected chi connectivity index (χ4v) is 3.51. The molecule has 0 amide bonds. The van der Waals surface area contributed by atoms with Gasteiger partial charge in [0.05, 0.1) is 16.3 Å². The third-order valence-corrected chi connectivity index (χ3v) is 4.71. The number of aromatic nitrogens is 1. The molecular weight excluding hydrogens is 317 g/mol. The molecule has 8 heteroatoms. The number of anilines is 2. The number of benzene rings is 1. The summed E-state index contributed by atoms with van der Waals surface area (Å²) in [6.45, 7) is 3.17. The molecule has 5 nitrogen and oxygen atoms in total. The Bertz CT molecular complexity index is 789. The maximum Gasteiger partial charge on any atom is 0.262 e. The molecule has 0 aliphatic rings. The molecule has 0 aliphatic heterocycles. The third kappa shape index (κ3) is 3.08. The van der Waals surface area contributed by atoms with Crippen molar-refractivity contribution in [3.05, 3.63) is 46.5 Å². The van der Waals surface area contributed by atoms with E-state index in [1.165, 1.54) is 13.1 Å². The highest BCUT2D eigenvalue weighted by Crippen LogP contribution is 2.28. The molecule has 1 aromatic heterocycles. The summed E-state index contributed by atoms with van der Waals surface area (Å²) in [6, 6.07) is 3.77. The second-order valence-corrected chi connectivity index (χ2v) is 6.55. The Morgan fingerprint density at radius 1 is 1.29 bits per heavy atom. The van der Waals surface area contributed by atoms with E-state index in [1.54, 1.807) is 13.0 Å². The smallest absolute Gasteiger partial charge is 0.262 e. The summed E-state index contributed by atoms with van der Waals surface area (Å²) in [7, 11) is -3.95. The molecule has 0 radical (unpaired) electrons. The molecule has 2 rings (SSSR count). The predicted molar refractivity (Wildman–Crippen MR) is 80.3 cm³/mol. The van der Waals surface area contributed by atoms with Crippen LogP contribution in [0, 0.1) is 19.7 Å². The van der Waals surface area contributed by atoms with Gasteiger partial charge in [-0.25, -0.2) is 17.8 Å². The lowest BCUT2D eigenvalue weighted by atomic mass is 10.2. The summed E-state index contributed by atoms with van der Waals surface area (Å²) >= 11 is 5.90. The van der Waals surface area contributed by atoms with Crippen LogP contribution in [0.25, 0.3) is 0 Å². The number of aryl methyl sites for hydroxylation is 2. The molecule has 0 atom stereocenters. The van der Waals surface area contributed by atoms with E-state index in [1.807, 2.05) is 0 Å². The third-order valence-electron chi connectivity index (χ3n) is 2.93. The van der Waals surface area contributed by atoms with Gasteiger partial charge in [-0.3, -0.25) is 4.72 Å². The number of hydrogen-bond donors (Lipinski definition) is 2. The number of nitrogens with two attached hydrogens (primary N) is 1. The van der Waals surface area contributed by atoms with Crippen LogP contribution in [0.1, 0.15) is 11.1 Å². The molecule has 1 aromatic carbocycles. The largest absolute Gasteiger partial charge is 0.396 e. The first kappa shape index (κ1) is 15.5. The van der Waals surface area contributed by atoms with Crippen LogP contribution in [-0.2, 0) is 10.0 Å². The van der Waals surface area contributed by atoms with Crippen LogP contribution < -0.4 is 10.5 Å². The molecule has 0 saturated heterocycles. The molecule has 0 unspecified atom stereocenters. The molecule has 0 aliphatic carbocycles. The standard InChI is InChI=1S/C13H13ClFN3O2S/c1-7-3-4-17-13(14)12(7)18-21(19,20)11-6-10(16)9(15)5-8(11)2/h3-6,18H,16H2,1-2H3. The molecular formula is C13H13ClFN3O2S. The summed E-state index contributed by atoms with van der Waals surface area (Å²) < 4.78 is 40.5. The highest BCUT2D eigenvalue weighted by atomic mass is 35.5. The minimum atomic E-state index is -3.95. The van der Waals surface area contributed by atoms with Gasteiger partial charge in [0.2, 0.25) is 0 Å². The van der Waals surface area contributed by atoms with Gasteiger partial charge in [-0.05, 0) is 43.2 Å². The van der Waals surface area contributed by atoms with Crippen molar-refractivity contribution in [3.8, 4) is 0 Å². The average molecular weight is 330 g/mol. The first-order chi connectivity index (χ1) is 9.72. The minimum absolute atomic E-state index is 0.0336. The maximum absolute atomic E-state index is 13.3. The zero-order valence-corrected chi connectivity index (χ0v) is 12.9. The summed E-state index contributed by atoms with van der Waals surface area (Å²) in [5, 5.41) is 0.0336. The Kier molecular flexibility index (Phi) is 4.06. The molecule has 2 aromatic rings. The van der Waals surface area contributed by atoms with Crippen molar-refractivity contribution < 1.29 is 12.8 Å². The number of nitrogen functional groups attached to an aromatic ring is 1. The second-order valence-electron chi connectivity index (χ2n) is 4.54. The summed E-state index contributed by atoms with van der Waals surface area (Å²) in [5.41, 5.74) is 6.23. The van der Waals surface area contributed by atoms with E-state index in [2.05, 4.69) is 9.71 Å². The van der Waals surface area contributed by atoms with Crippen molar-refractivity contribution in [2.75, 3.05) is 10.5 Å². The van der Waals surface area contributed by atoms with Gasteiger partial charge in [-0.2, -0.15) is 0 Å². The quantitative estimate of drug-likeness (QED) is 0.669. The van der Waals surface area contributed by atoms with Crippen molar-refractivity contribution >= 4 is 33.0 Å². The van der Waals surface area contributed by atoms with Crippen LogP contribution in [0.4, 0.5) is 15.8 Å². The van der Waals surface area contributed by atoms with Gasteiger partial charge in [0.15, 0.2) is 5.15 Å². The monoisotopic (exact) mass is 329 g/mol. The lowest BCUT2D eigenvalue weighted by Crippen LogP contribution is -2.16. The van der Waals surface area contributed by atoms with Gasteiger partial charge in [0.25, 0.3) is 10.0 Å². The summed E-state index contributed by atoms with van der Waals surface area (Å²) in [6.07, 6.45) is 1.47. The van der Waals surface area contributed by atoms with Gasteiger partial charge >= 0.3 is 0 Å². The fraction of sp³-hybridized carbons (Fsp3) is 0.154. The molecule has 0 spiro atoms. The minimum Gasteiger partial charge on any atom is -0.396 e. The Labute approximate surface area is 127 Å². The second kappa shape index (κ2) is 5.50.